The van der Waals surface area contributed by atoms with Crippen molar-refractivity contribution >= 4 is 11.8 Å². The van der Waals surface area contributed by atoms with E-state index in [1.54, 1.807) is 0 Å². The van der Waals surface area contributed by atoms with Crippen molar-refractivity contribution in [1.29, 1.82) is 0 Å². The van der Waals surface area contributed by atoms with E-state index >= 15 is 0 Å². The fraction of sp³-hybridized carbons (Fsp3) is 0.700. The van der Waals surface area contributed by atoms with E-state index < -0.39 is 0 Å². The summed E-state index contributed by atoms with van der Waals surface area (Å²) >= 11 is 1.54. The van der Waals surface area contributed by atoms with E-state index in [1.807, 2.05) is 13.2 Å². The number of hydrogen-bond acceptors (Lipinski definition) is 5. The van der Waals surface area contributed by atoms with Gasteiger partial charge in [0, 0.05) is 12.5 Å². The van der Waals surface area contributed by atoms with Crippen molar-refractivity contribution in [3.63, 3.8) is 0 Å². The molecule has 2 heterocycles. The van der Waals surface area contributed by atoms with Gasteiger partial charge in [-0.3, -0.25) is 0 Å². The number of piperidine rings is 1. The molecule has 15 heavy (non-hydrogen) atoms. The molecule has 82 valence electrons. The summed E-state index contributed by atoms with van der Waals surface area (Å²) < 4.78 is 0. The lowest BCUT2D eigenvalue weighted by Gasteiger charge is -2.22. The molecule has 1 aromatic rings. The van der Waals surface area contributed by atoms with Crippen LogP contribution in [-0.4, -0.2) is 34.5 Å². The van der Waals surface area contributed by atoms with Gasteiger partial charge in [-0.25, -0.2) is 4.98 Å². The summed E-state index contributed by atoms with van der Waals surface area (Å²) in [6, 6.07) is 0. The maximum atomic E-state index is 4.43. The third-order valence-corrected chi connectivity index (χ3v) is 3.28. The van der Waals surface area contributed by atoms with Gasteiger partial charge in [0.2, 0.25) is 5.16 Å². The standard InChI is InChI=1S/C10H16N4S/c1-7-9(8-4-3-5-11-6-8)13-14-10(12-7)15-2/h8,11H,3-6H2,1-2H3. The first-order valence-corrected chi connectivity index (χ1v) is 6.49. The minimum Gasteiger partial charge on any atom is -0.316 e. The highest BCUT2D eigenvalue weighted by atomic mass is 32.2. The maximum Gasteiger partial charge on any atom is 0.209 e. The van der Waals surface area contributed by atoms with E-state index in [9.17, 15) is 0 Å². The molecule has 1 unspecified atom stereocenters. The Morgan fingerprint density at radius 1 is 1.40 bits per heavy atom. The monoisotopic (exact) mass is 224 g/mol. The Morgan fingerprint density at radius 3 is 2.87 bits per heavy atom. The first kappa shape index (κ1) is 10.8. The van der Waals surface area contributed by atoms with Gasteiger partial charge in [0.15, 0.2) is 0 Å². The number of nitrogens with zero attached hydrogens (tertiary/aromatic N) is 3. The number of aryl methyl sites for hydroxylation is 1. The number of aromatic nitrogens is 3. The topological polar surface area (TPSA) is 50.7 Å². The molecule has 1 aliphatic heterocycles. The third kappa shape index (κ3) is 2.46. The average Bonchev–Trinajstić information content (AvgIpc) is 2.30. The van der Waals surface area contributed by atoms with Gasteiger partial charge in [0.05, 0.1) is 11.4 Å². The smallest absolute Gasteiger partial charge is 0.209 e. The van der Waals surface area contributed by atoms with Gasteiger partial charge in [-0.1, -0.05) is 11.8 Å². The van der Waals surface area contributed by atoms with E-state index in [2.05, 4.69) is 20.5 Å². The van der Waals surface area contributed by atoms with Crippen LogP contribution in [0.15, 0.2) is 5.16 Å². The Balaban J connectivity index is 2.19. The molecular formula is C10H16N4S. The molecule has 0 bridgehead atoms. The van der Waals surface area contributed by atoms with Crippen LogP contribution in [-0.2, 0) is 0 Å². The molecule has 0 saturated carbocycles. The van der Waals surface area contributed by atoms with Gasteiger partial charge in [0.1, 0.15) is 0 Å². The van der Waals surface area contributed by atoms with E-state index in [0.29, 0.717) is 5.92 Å². The van der Waals surface area contributed by atoms with E-state index in [0.717, 1.165) is 29.6 Å². The minimum atomic E-state index is 0.495. The summed E-state index contributed by atoms with van der Waals surface area (Å²) in [6.45, 7) is 4.16. The quantitative estimate of drug-likeness (QED) is 0.769. The summed E-state index contributed by atoms with van der Waals surface area (Å²) in [5.41, 5.74) is 2.10. The highest BCUT2D eigenvalue weighted by molar-refractivity contribution is 7.98. The molecule has 0 aliphatic carbocycles. The zero-order valence-electron chi connectivity index (χ0n) is 9.16. The Hall–Kier alpha value is -0.680. The van der Waals surface area contributed by atoms with Crippen LogP contribution in [0.1, 0.15) is 30.1 Å². The largest absolute Gasteiger partial charge is 0.316 e. The lowest BCUT2D eigenvalue weighted by Crippen LogP contribution is -2.29. The minimum absolute atomic E-state index is 0.495. The Labute approximate surface area is 94.3 Å². The van der Waals surface area contributed by atoms with Gasteiger partial charge >= 0.3 is 0 Å². The fourth-order valence-corrected chi connectivity index (χ4v) is 2.29. The lowest BCUT2D eigenvalue weighted by molar-refractivity contribution is 0.446. The van der Waals surface area contributed by atoms with Crippen molar-refractivity contribution < 1.29 is 0 Å². The molecule has 1 aromatic heterocycles. The summed E-state index contributed by atoms with van der Waals surface area (Å²) in [5, 5.41) is 12.6. The van der Waals surface area contributed by atoms with Crippen molar-refractivity contribution in [2.24, 2.45) is 0 Å². The molecule has 2 rings (SSSR count). The molecule has 0 spiro atoms. The fourth-order valence-electron chi connectivity index (χ4n) is 1.94. The van der Waals surface area contributed by atoms with Gasteiger partial charge in [-0.2, -0.15) is 5.10 Å². The van der Waals surface area contributed by atoms with Crippen molar-refractivity contribution in [2.75, 3.05) is 19.3 Å². The van der Waals surface area contributed by atoms with Crippen molar-refractivity contribution in [2.45, 2.75) is 30.8 Å². The van der Waals surface area contributed by atoms with Crippen molar-refractivity contribution in [3.8, 4) is 0 Å². The Morgan fingerprint density at radius 2 is 2.27 bits per heavy atom. The molecule has 1 aliphatic rings. The first-order valence-electron chi connectivity index (χ1n) is 5.27. The van der Waals surface area contributed by atoms with Crippen LogP contribution >= 0.6 is 11.8 Å². The number of hydrogen-bond donors (Lipinski definition) is 1. The zero-order valence-corrected chi connectivity index (χ0v) is 9.97. The average molecular weight is 224 g/mol. The van der Waals surface area contributed by atoms with E-state index in [4.69, 9.17) is 0 Å². The molecule has 0 amide bonds. The molecule has 0 radical (unpaired) electrons. The van der Waals surface area contributed by atoms with Crippen LogP contribution in [0.5, 0.6) is 0 Å². The summed E-state index contributed by atoms with van der Waals surface area (Å²) in [6.07, 6.45) is 4.39. The molecule has 1 saturated heterocycles. The summed E-state index contributed by atoms with van der Waals surface area (Å²) in [5.74, 6) is 0.495. The second kappa shape index (κ2) is 4.90. The highest BCUT2D eigenvalue weighted by Crippen LogP contribution is 2.23. The molecule has 1 fully saturated rings. The van der Waals surface area contributed by atoms with Crippen LogP contribution in [0.4, 0.5) is 0 Å². The van der Waals surface area contributed by atoms with Crippen LogP contribution in [0, 0.1) is 6.92 Å². The second-order valence-electron chi connectivity index (χ2n) is 3.81. The van der Waals surface area contributed by atoms with Crippen LogP contribution in [0.2, 0.25) is 0 Å². The van der Waals surface area contributed by atoms with Crippen LogP contribution < -0.4 is 5.32 Å². The molecule has 1 N–H and O–H groups in total. The Bertz CT molecular complexity index is 336. The highest BCUT2D eigenvalue weighted by Gasteiger charge is 2.19. The molecule has 1 atom stereocenters. The summed E-state index contributed by atoms with van der Waals surface area (Å²) in [4.78, 5) is 4.43. The predicted molar refractivity (Wildman–Crippen MR) is 61.2 cm³/mol. The van der Waals surface area contributed by atoms with Crippen LogP contribution in [0.25, 0.3) is 0 Å². The predicted octanol–water partition coefficient (Wildman–Crippen LogP) is 1.37. The van der Waals surface area contributed by atoms with Gasteiger partial charge < -0.3 is 5.32 Å². The SMILES string of the molecule is CSc1nnc(C2CCCNC2)c(C)n1. The van der Waals surface area contributed by atoms with Gasteiger partial charge in [-0.15, -0.1) is 5.10 Å². The second-order valence-corrected chi connectivity index (χ2v) is 4.59. The zero-order chi connectivity index (χ0) is 10.7. The first-order chi connectivity index (χ1) is 7.31. The van der Waals surface area contributed by atoms with Gasteiger partial charge in [0.25, 0.3) is 0 Å². The summed E-state index contributed by atoms with van der Waals surface area (Å²) in [7, 11) is 0. The normalized spacial score (nSPS) is 21.6. The number of nitrogens with one attached hydrogen (secondary N) is 1. The van der Waals surface area contributed by atoms with E-state index in [1.165, 1.54) is 24.6 Å². The third-order valence-electron chi connectivity index (χ3n) is 2.74. The van der Waals surface area contributed by atoms with Gasteiger partial charge in [-0.05, 0) is 32.6 Å². The lowest BCUT2D eigenvalue weighted by atomic mass is 9.95. The molecular weight excluding hydrogens is 208 g/mol. The number of thioether (sulfide) groups is 1. The van der Waals surface area contributed by atoms with E-state index in [-0.39, 0.29) is 0 Å². The number of rotatable bonds is 2. The maximum absolute atomic E-state index is 4.43. The molecule has 0 aromatic carbocycles. The van der Waals surface area contributed by atoms with Crippen molar-refractivity contribution in [1.82, 2.24) is 20.5 Å². The van der Waals surface area contributed by atoms with Crippen LogP contribution in [0.3, 0.4) is 0 Å². The molecule has 5 heteroatoms. The Kier molecular flexibility index (Phi) is 3.53. The van der Waals surface area contributed by atoms with Crippen molar-refractivity contribution in [3.05, 3.63) is 11.4 Å². The molecule has 4 nitrogen and oxygen atoms in total.